The Morgan fingerprint density at radius 3 is 2.43 bits per heavy atom. The number of carbonyl (C=O) groups excluding carboxylic acids is 2. The van der Waals surface area contributed by atoms with E-state index in [2.05, 4.69) is 10.6 Å². The summed E-state index contributed by atoms with van der Waals surface area (Å²) in [5, 5.41) is 16.4. The van der Waals surface area contributed by atoms with E-state index in [-0.39, 0.29) is 17.9 Å². The summed E-state index contributed by atoms with van der Waals surface area (Å²) in [5.41, 5.74) is 2.33. The van der Waals surface area contributed by atoms with Gasteiger partial charge in [-0.2, -0.15) is 0 Å². The van der Waals surface area contributed by atoms with Gasteiger partial charge >= 0.3 is 6.03 Å². The van der Waals surface area contributed by atoms with E-state index in [0.29, 0.717) is 25.2 Å². The molecule has 1 saturated heterocycles. The minimum Gasteiger partial charge on any atom is -0.388 e. The molecule has 0 saturated carbocycles. The normalized spacial score (nSPS) is 15.9. The number of aliphatic hydroxyl groups is 1. The first-order valence-corrected chi connectivity index (χ1v) is 10.3. The lowest BCUT2D eigenvalue weighted by atomic mass is 9.95. The van der Waals surface area contributed by atoms with Crippen LogP contribution in [0.3, 0.4) is 0 Å². The predicted octanol–water partition coefficient (Wildman–Crippen LogP) is 2.85. The van der Waals surface area contributed by atoms with Gasteiger partial charge in [0, 0.05) is 43.3 Å². The highest BCUT2D eigenvalue weighted by Gasteiger charge is 2.23. The highest BCUT2D eigenvalue weighted by molar-refractivity contribution is 5.96. The molecule has 0 aromatic heterocycles. The van der Waals surface area contributed by atoms with Crippen LogP contribution in [-0.4, -0.2) is 55.7 Å². The van der Waals surface area contributed by atoms with E-state index in [1.165, 1.54) is 0 Å². The molecule has 0 radical (unpaired) electrons. The number of benzene rings is 2. The van der Waals surface area contributed by atoms with E-state index in [0.717, 1.165) is 24.2 Å². The van der Waals surface area contributed by atoms with E-state index in [9.17, 15) is 14.7 Å². The number of carbonyl (C=O) groups is 2. The van der Waals surface area contributed by atoms with Crippen molar-refractivity contribution in [3.05, 3.63) is 60.2 Å². The van der Waals surface area contributed by atoms with Crippen molar-refractivity contribution < 1.29 is 14.7 Å². The number of hydrogen-bond acceptors (Lipinski definition) is 4. The van der Waals surface area contributed by atoms with Gasteiger partial charge in [-0.05, 0) is 50.3 Å². The Morgan fingerprint density at radius 1 is 1.13 bits per heavy atom. The van der Waals surface area contributed by atoms with Crippen LogP contribution in [0.2, 0.25) is 0 Å². The van der Waals surface area contributed by atoms with Crippen molar-refractivity contribution in [2.45, 2.75) is 18.9 Å². The number of anilines is 2. The van der Waals surface area contributed by atoms with Crippen LogP contribution in [0.1, 0.15) is 24.5 Å². The molecule has 7 nitrogen and oxygen atoms in total. The van der Waals surface area contributed by atoms with Crippen LogP contribution < -0.4 is 15.5 Å². The molecule has 1 aliphatic rings. The second-order valence-electron chi connectivity index (χ2n) is 7.91. The van der Waals surface area contributed by atoms with Crippen molar-refractivity contribution in [3.8, 4) is 0 Å². The van der Waals surface area contributed by atoms with Gasteiger partial charge in [-0.25, -0.2) is 4.79 Å². The van der Waals surface area contributed by atoms with Crippen LogP contribution in [0, 0.1) is 5.92 Å². The standard InChI is InChI=1S/C23H30N4O3/c1-26(2)16-18(22(29)17-7-4-3-5-8-17)15-24-23(30)25-19-10-12-20(13-11-19)27-14-6-9-21(27)28/h3-5,7-8,10-13,18,22,29H,6,9,14-16H2,1-2H3,(H2,24,25,30)/t18-,22-/m1/s1. The van der Waals surface area contributed by atoms with Crippen LogP contribution >= 0.6 is 0 Å². The largest absolute Gasteiger partial charge is 0.388 e. The molecule has 1 heterocycles. The molecule has 1 fully saturated rings. The molecule has 0 bridgehead atoms. The van der Waals surface area contributed by atoms with Gasteiger partial charge in [0.2, 0.25) is 5.91 Å². The van der Waals surface area contributed by atoms with Crippen molar-refractivity contribution in [2.75, 3.05) is 43.9 Å². The lowest BCUT2D eigenvalue weighted by molar-refractivity contribution is -0.117. The zero-order valence-corrected chi connectivity index (χ0v) is 17.5. The highest BCUT2D eigenvalue weighted by Crippen LogP contribution is 2.24. The molecule has 3 rings (SSSR count). The minimum atomic E-state index is -0.675. The Kier molecular flexibility index (Phi) is 7.43. The first-order chi connectivity index (χ1) is 14.4. The lowest BCUT2D eigenvalue weighted by Crippen LogP contribution is -2.39. The second-order valence-corrected chi connectivity index (χ2v) is 7.91. The van der Waals surface area contributed by atoms with Crippen molar-refractivity contribution in [1.82, 2.24) is 10.2 Å². The van der Waals surface area contributed by atoms with Crippen LogP contribution in [0.4, 0.5) is 16.2 Å². The quantitative estimate of drug-likeness (QED) is 0.625. The summed E-state index contributed by atoms with van der Waals surface area (Å²) in [6.45, 7) is 1.71. The fraction of sp³-hybridized carbons (Fsp3) is 0.391. The zero-order chi connectivity index (χ0) is 21.5. The van der Waals surface area contributed by atoms with Gasteiger partial charge in [0.15, 0.2) is 0 Å². The Hall–Kier alpha value is -2.90. The highest BCUT2D eigenvalue weighted by atomic mass is 16.3. The first-order valence-electron chi connectivity index (χ1n) is 10.3. The third-order valence-electron chi connectivity index (χ3n) is 5.22. The van der Waals surface area contributed by atoms with Crippen LogP contribution in [0.25, 0.3) is 0 Å². The van der Waals surface area contributed by atoms with Crippen molar-refractivity contribution in [3.63, 3.8) is 0 Å². The number of nitrogens with zero attached hydrogens (tertiary/aromatic N) is 2. The van der Waals surface area contributed by atoms with Crippen molar-refractivity contribution in [2.24, 2.45) is 5.92 Å². The van der Waals surface area contributed by atoms with E-state index < -0.39 is 6.10 Å². The number of amides is 3. The monoisotopic (exact) mass is 410 g/mol. The third-order valence-corrected chi connectivity index (χ3v) is 5.22. The summed E-state index contributed by atoms with van der Waals surface area (Å²) in [4.78, 5) is 28.0. The van der Waals surface area contributed by atoms with Gasteiger partial charge in [0.05, 0.1) is 6.10 Å². The molecular formula is C23H30N4O3. The number of aliphatic hydroxyl groups excluding tert-OH is 1. The smallest absolute Gasteiger partial charge is 0.319 e. The summed E-state index contributed by atoms with van der Waals surface area (Å²) < 4.78 is 0. The number of hydrogen-bond donors (Lipinski definition) is 3. The first kappa shape index (κ1) is 21.8. The van der Waals surface area contributed by atoms with Gasteiger partial charge < -0.3 is 25.5 Å². The zero-order valence-electron chi connectivity index (χ0n) is 17.5. The molecule has 3 amide bonds. The molecule has 2 atom stereocenters. The van der Waals surface area contributed by atoms with Gasteiger partial charge in [-0.1, -0.05) is 30.3 Å². The summed E-state index contributed by atoms with van der Waals surface area (Å²) in [6.07, 6.45) is 0.793. The molecule has 2 aromatic rings. The fourth-order valence-corrected chi connectivity index (χ4v) is 3.71. The van der Waals surface area contributed by atoms with Gasteiger partial charge in [-0.3, -0.25) is 4.79 Å². The Labute approximate surface area is 177 Å². The van der Waals surface area contributed by atoms with E-state index in [1.54, 1.807) is 17.0 Å². The molecule has 0 aliphatic carbocycles. The maximum absolute atomic E-state index is 12.4. The summed E-state index contributed by atoms with van der Waals surface area (Å²) in [6, 6.07) is 16.4. The Morgan fingerprint density at radius 2 is 1.83 bits per heavy atom. The SMILES string of the molecule is CN(C)C[C@@H](CNC(=O)Nc1ccc(N2CCCC2=O)cc1)[C@H](O)c1ccccc1. The molecule has 0 spiro atoms. The maximum Gasteiger partial charge on any atom is 0.319 e. The topological polar surface area (TPSA) is 84.9 Å². The fourth-order valence-electron chi connectivity index (χ4n) is 3.71. The Bertz CT molecular complexity index is 839. The van der Waals surface area contributed by atoms with E-state index in [4.69, 9.17) is 0 Å². The molecular weight excluding hydrogens is 380 g/mol. The van der Waals surface area contributed by atoms with Crippen molar-refractivity contribution in [1.29, 1.82) is 0 Å². The average molecular weight is 411 g/mol. The summed E-state index contributed by atoms with van der Waals surface area (Å²) >= 11 is 0. The lowest BCUT2D eigenvalue weighted by Gasteiger charge is -2.26. The van der Waals surface area contributed by atoms with Gasteiger partial charge in [0.25, 0.3) is 0 Å². The molecule has 1 aliphatic heterocycles. The molecule has 7 heteroatoms. The third kappa shape index (κ3) is 5.81. The maximum atomic E-state index is 12.4. The van der Waals surface area contributed by atoms with Gasteiger partial charge in [-0.15, -0.1) is 0 Å². The van der Waals surface area contributed by atoms with Crippen LogP contribution in [0.15, 0.2) is 54.6 Å². The molecule has 160 valence electrons. The average Bonchev–Trinajstić information content (AvgIpc) is 3.17. The van der Waals surface area contributed by atoms with Crippen LogP contribution in [-0.2, 0) is 4.79 Å². The van der Waals surface area contributed by atoms with E-state index in [1.807, 2.05) is 61.5 Å². The van der Waals surface area contributed by atoms with Crippen LogP contribution in [0.5, 0.6) is 0 Å². The molecule has 3 N–H and O–H groups in total. The molecule has 0 unspecified atom stereocenters. The van der Waals surface area contributed by atoms with Gasteiger partial charge in [0.1, 0.15) is 0 Å². The second kappa shape index (κ2) is 10.2. The van der Waals surface area contributed by atoms with Crippen molar-refractivity contribution >= 4 is 23.3 Å². The summed E-state index contributed by atoms with van der Waals surface area (Å²) in [7, 11) is 3.88. The number of rotatable bonds is 8. The predicted molar refractivity (Wildman–Crippen MR) is 118 cm³/mol. The molecule has 2 aromatic carbocycles. The minimum absolute atomic E-state index is 0.136. The molecule has 30 heavy (non-hydrogen) atoms. The number of nitrogens with one attached hydrogen (secondary N) is 2. The summed E-state index contributed by atoms with van der Waals surface area (Å²) in [5.74, 6) is -0.0194. The number of urea groups is 1. The van der Waals surface area contributed by atoms with E-state index >= 15 is 0 Å². The Balaban J connectivity index is 1.55.